The summed E-state index contributed by atoms with van der Waals surface area (Å²) >= 11 is 0. The Kier molecular flexibility index (Phi) is 6.43. The monoisotopic (exact) mass is 417 g/mol. The zero-order valence-corrected chi connectivity index (χ0v) is 18.6. The van der Waals surface area contributed by atoms with Crippen molar-refractivity contribution in [3.05, 3.63) is 29.3 Å². The van der Waals surface area contributed by atoms with Crippen LogP contribution in [-0.4, -0.2) is 69.3 Å². The maximum absolute atomic E-state index is 12.5. The molecule has 1 aromatic carbocycles. The predicted octanol–water partition coefficient (Wildman–Crippen LogP) is 2.43. The minimum Gasteiger partial charge on any atom is -0.508 e. The molecule has 0 aliphatic carbocycles. The first-order chi connectivity index (χ1) is 14.1. The molecule has 2 aliphatic heterocycles. The van der Waals surface area contributed by atoms with E-state index in [0.717, 1.165) is 30.5 Å². The Bertz CT molecular complexity index is 814. The fourth-order valence-corrected chi connectivity index (χ4v) is 5.11. The Hall–Kier alpha value is -2.12. The van der Waals surface area contributed by atoms with E-state index in [2.05, 4.69) is 10.2 Å². The summed E-state index contributed by atoms with van der Waals surface area (Å²) in [5.41, 5.74) is 0.330. The van der Waals surface area contributed by atoms with Gasteiger partial charge in [0.05, 0.1) is 5.60 Å². The third kappa shape index (κ3) is 4.05. The second-order valence-corrected chi connectivity index (χ2v) is 8.99. The molecule has 1 saturated heterocycles. The minimum absolute atomic E-state index is 0.120. The number of urea groups is 1. The summed E-state index contributed by atoms with van der Waals surface area (Å²) < 4.78 is 0. The summed E-state index contributed by atoms with van der Waals surface area (Å²) in [5, 5.41) is 24.1. The first kappa shape index (κ1) is 22.6. The summed E-state index contributed by atoms with van der Waals surface area (Å²) in [5.74, 6) is -0.0193. The fraction of sp³-hybridized carbons (Fsp3) is 0.652. The van der Waals surface area contributed by atoms with Crippen molar-refractivity contribution in [2.24, 2.45) is 0 Å². The Morgan fingerprint density at radius 1 is 1.27 bits per heavy atom. The van der Waals surface area contributed by atoms with Gasteiger partial charge < -0.3 is 20.0 Å². The molecule has 2 heterocycles. The highest BCUT2D eigenvalue weighted by atomic mass is 16.3. The van der Waals surface area contributed by atoms with Crippen molar-refractivity contribution in [2.45, 2.75) is 76.5 Å². The average molecular weight is 418 g/mol. The van der Waals surface area contributed by atoms with E-state index < -0.39 is 11.1 Å². The number of carbonyl (C=O) groups excluding carboxylic acids is 2. The smallest absolute Gasteiger partial charge is 0.324 e. The Morgan fingerprint density at radius 3 is 2.67 bits per heavy atom. The number of nitrogens with zero attached hydrogens (tertiary/aromatic N) is 2. The predicted molar refractivity (Wildman–Crippen MR) is 115 cm³/mol. The molecule has 0 radical (unpaired) electrons. The Labute approximate surface area is 179 Å². The number of benzene rings is 1. The molecule has 0 unspecified atom stereocenters. The lowest BCUT2D eigenvalue weighted by Gasteiger charge is -2.44. The zero-order chi connectivity index (χ0) is 22.1. The number of nitrogens with one attached hydrogen (secondary N) is 1. The summed E-state index contributed by atoms with van der Waals surface area (Å²) in [6.07, 6.45) is 3.89. The average Bonchev–Trinajstić information content (AvgIpc) is 2.92. The molecule has 1 fully saturated rings. The third-order valence-corrected chi connectivity index (χ3v) is 7.24. The second kappa shape index (κ2) is 8.55. The fourth-order valence-electron chi connectivity index (χ4n) is 5.11. The number of aryl methyl sites for hydroxylation is 1. The Balaban J connectivity index is 1.86. The van der Waals surface area contributed by atoms with Crippen LogP contribution in [0.3, 0.4) is 0 Å². The number of imide groups is 1. The number of aromatic hydroxyl groups is 1. The van der Waals surface area contributed by atoms with Crippen molar-refractivity contribution < 1.29 is 19.8 Å². The van der Waals surface area contributed by atoms with Gasteiger partial charge in [0.15, 0.2) is 0 Å². The summed E-state index contributed by atoms with van der Waals surface area (Å²) in [7, 11) is 2.04. The van der Waals surface area contributed by atoms with Crippen LogP contribution in [0.5, 0.6) is 5.75 Å². The van der Waals surface area contributed by atoms with Gasteiger partial charge >= 0.3 is 6.03 Å². The molecule has 7 nitrogen and oxygen atoms in total. The quantitative estimate of drug-likeness (QED) is 0.618. The van der Waals surface area contributed by atoms with Crippen LogP contribution in [0.1, 0.15) is 57.6 Å². The van der Waals surface area contributed by atoms with Crippen LogP contribution < -0.4 is 5.32 Å². The standard InChI is InChI=1S/C23H35N3O4/c1-5-23(30,12-11-22(3)20(28)24-21(29)26(22)6-2)19-15-17-9-10-18(27)14-16(17)8-7-13-25(19)4/h9-10,14,19,27,30H,5-8,11-13,15H2,1-4H3,(H,24,28,29)/t19-,22+,23+/m1/s1. The highest BCUT2D eigenvalue weighted by Gasteiger charge is 2.50. The largest absolute Gasteiger partial charge is 0.508 e. The van der Waals surface area contributed by atoms with Gasteiger partial charge in [0.1, 0.15) is 11.3 Å². The molecule has 3 atom stereocenters. The van der Waals surface area contributed by atoms with Gasteiger partial charge in [-0.3, -0.25) is 10.1 Å². The lowest BCUT2D eigenvalue weighted by molar-refractivity contribution is -0.127. The number of phenolic OH excluding ortho intramolecular Hbond substituents is 1. The number of likely N-dealkylation sites (N-methyl/N-ethyl adjacent to an activating group) is 2. The van der Waals surface area contributed by atoms with Crippen LogP contribution in [0.15, 0.2) is 18.2 Å². The SMILES string of the molecule is CCN1C(=O)NC(=O)[C@]1(C)CC[C@@](O)(CC)[C@H]1Cc2ccc(O)cc2CCCN1C. The van der Waals surface area contributed by atoms with Gasteiger partial charge in [-0.1, -0.05) is 13.0 Å². The topological polar surface area (TPSA) is 93.1 Å². The van der Waals surface area contributed by atoms with Crippen molar-refractivity contribution in [3.63, 3.8) is 0 Å². The zero-order valence-electron chi connectivity index (χ0n) is 18.6. The minimum atomic E-state index is -1.00. The molecule has 3 rings (SSSR count). The molecular formula is C23H35N3O4. The van der Waals surface area contributed by atoms with Crippen LogP contribution in [-0.2, 0) is 17.6 Å². The molecule has 2 aliphatic rings. The van der Waals surface area contributed by atoms with Crippen LogP contribution in [0.2, 0.25) is 0 Å². The van der Waals surface area contributed by atoms with Crippen LogP contribution in [0.4, 0.5) is 4.79 Å². The van der Waals surface area contributed by atoms with E-state index in [1.807, 2.05) is 33.0 Å². The molecule has 0 saturated carbocycles. The molecule has 166 valence electrons. The van der Waals surface area contributed by atoms with E-state index >= 15 is 0 Å². The van der Waals surface area contributed by atoms with Crippen molar-refractivity contribution in [2.75, 3.05) is 20.1 Å². The van der Waals surface area contributed by atoms with E-state index in [0.29, 0.717) is 32.2 Å². The van der Waals surface area contributed by atoms with E-state index in [-0.39, 0.29) is 23.7 Å². The number of hydrogen-bond donors (Lipinski definition) is 3. The van der Waals surface area contributed by atoms with E-state index in [9.17, 15) is 19.8 Å². The van der Waals surface area contributed by atoms with Gasteiger partial charge in [-0.15, -0.1) is 0 Å². The number of aliphatic hydroxyl groups is 1. The van der Waals surface area contributed by atoms with Crippen molar-refractivity contribution in [1.82, 2.24) is 15.1 Å². The summed E-state index contributed by atoms with van der Waals surface area (Å²) in [6.45, 7) is 6.91. The summed E-state index contributed by atoms with van der Waals surface area (Å²) in [4.78, 5) is 28.4. The van der Waals surface area contributed by atoms with Gasteiger partial charge in [0.25, 0.3) is 5.91 Å². The number of fused-ring (bicyclic) bond motifs is 1. The highest BCUT2D eigenvalue weighted by Crippen LogP contribution is 2.36. The number of hydrogen-bond acceptors (Lipinski definition) is 5. The van der Waals surface area contributed by atoms with Crippen molar-refractivity contribution in [1.29, 1.82) is 0 Å². The van der Waals surface area contributed by atoms with Gasteiger partial charge in [-0.2, -0.15) is 0 Å². The van der Waals surface area contributed by atoms with Crippen LogP contribution >= 0.6 is 0 Å². The van der Waals surface area contributed by atoms with Gasteiger partial charge in [0, 0.05) is 12.6 Å². The van der Waals surface area contributed by atoms with Gasteiger partial charge in [0.2, 0.25) is 0 Å². The van der Waals surface area contributed by atoms with E-state index in [4.69, 9.17) is 0 Å². The number of amides is 3. The van der Waals surface area contributed by atoms with Crippen molar-refractivity contribution >= 4 is 11.9 Å². The molecule has 0 bridgehead atoms. The van der Waals surface area contributed by atoms with Gasteiger partial charge in [-0.05, 0) is 89.2 Å². The molecule has 7 heteroatoms. The lowest BCUT2D eigenvalue weighted by atomic mass is 9.77. The second-order valence-electron chi connectivity index (χ2n) is 8.99. The normalized spacial score (nSPS) is 27.2. The lowest BCUT2D eigenvalue weighted by Crippen LogP contribution is -2.55. The molecule has 30 heavy (non-hydrogen) atoms. The number of phenols is 1. The van der Waals surface area contributed by atoms with E-state index in [1.165, 1.54) is 0 Å². The van der Waals surface area contributed by atoms with Crippen LogP contribution in [0.25, 0.3) is 0 Å². The van der Waals surface area contributed by atoms with Gasteiger partial charge in [-0.25, -0.2) is 4.79 Å². The molecule has 3 N–H and O–H groups in total. The molecule has 0 spiro atoms. The first-order valence-electron chi connectivity index (χ1n) is 11.0. The summed E-state index contributed by atoms with van der Waals surface area (Å²) in [6, 6.07) is 5.01. The van der Waals surface area contributed by atoms with E-state index in [1.54, 1.807) is 17.9 Å². The maximum Gasteiger partial charge on any atom is 0.324 e. The molecular weight excluding hydrogens is 382 g/mol. The number of carbonyl (C=O) groups is 2. The molecule has 1 aromatic rings. The number of rotatable bonds is 6. The molecule has 0 aromatic heterocycles. The van der Waals surface area contributed by atoms with Crippen LogP contribution in [0, 0.1) is 0 Å². The maximum atomic E-state index is 12.5. The third-order valence-electron chi connectivity index (χ3n) is 7.24. The highest BCUT2D eigenvalue weighted by molar-refractivity contribution is 6.06. The Morgan fingerprint density at radius 2 is 2.00 bits per heavy atom. The first-order valence-corrected chi connectivity index (χ1v) is 11.0. The van der Waals surface area contributed by atoms with Crippen molar-refractivity contribution in [3.8, 4) is 5.75 Å². The molecule has 3 amide bonds.